The van der Waals surface area contributed by atoms with Crippen molar-refractivity contribution in [3.05, 3.63) is 24.5 Å². The van der Waals surface area contributed by atoms with E-state index in [4.69, 9.17) is 4.74 Å². The van der Waals surface area contributed by atoms with E-state index in [1.54, 1.807) is 13.2 Å². The van der Waals surface area contributed by atoms with E-state index in [0.29, 0.717) is 0 Å². The molecule has 0 saturated heterocycles. The minimum atomic E-state index is 0.782. The van der Waals surface area contributed by atoms with E-state index >= 15 is 0 Å². The lowest BCUT2D eigenvalue weighted by atomic mass is 10.3. The fraction of sp³-hybridized carbons (Fsp3) is 0.300. The molecule has 2 rings (SSSR count). The molecule has 0 atom stereocenters. The Kier molecular flexibility index (Phi) is 1.93. The van der Waals surface area contributed by atoms with Crippen molar-refractivity contribution >= 4 is 11.0 Å². The molecular formula is C10H11N2O. The SMILES string of the molecule is CCn1cnc2c(OC)c[c]cc21. The van der Waals surface area contributed by atoms with Crippen LogP contribution in [0.2, 0.25) is 0 Å². The number of aryl methyl sites for hydroxylation is 1. The lowest BCUT2D eigenvalue weighted by Gasteiger charge is -2.01. The van der Waals surface area contributed by atoms with Gasteiger partial charge in [0.05, 0.1) is 19.0 Å². The first-order chi connectivity index (χ1) is 6.36. The first kappa shape index (κ1) is 8.10. The predicted molar refractivity (Wildman–Crippen MR) is 50.8 cm³/mol. The minimum Gasteiger partial charge on any atom is -0.494 e. The summed E-state index contributed by atoms with van der Waals surface area (Å²) in [6.07, 6.45) is 1.82. The van der Waals surface area contributed by atoms with Crippen molar-refractivity contribution in [2.24, 2.45) is 0 Å². The molecule has 0 amide bonds. The smallest absolute Gasteiger partial charge is 0.147 e. The number of hydrogen-bond donors (Lipinski definition) is 0. The van der Waals surface area contributed by atoms with Crippen LogP contribution in [0.25, 0.3) is 11.0 Å². The van der Waals surface area contributed by atoms with Gasteiger partial charge in [-0.3, -0.25) is 0 Å². The van der Waals surface area contributed by atoms with Gasteiger partial charge in [0.1, 0.15) is 11.3 Å². The normalized spacial score (nSPS) is 10.6. The standard InChI is InChI=1S/C10H11N2O/c1-3-12-7-11-10-8(12)5-4-6-9(10)13-2/h5-7H,3H2,1-2H3. The largest absolute Gasteiger partial charge is 0.494 e. The lowest BCUT2D eigenvalue weighted by molar-refractivity contribution is 0.419. The molecule has 0 fully saturated rings. The van der Waals surface area contributed by atoms with Crippen LogP contribution in [0.1, 0.15) is 6.92 Å². The van der Waals surface area contributed by atoms with E-state index in [1.165, 1.54) is 0 Å². The number of benzene rings is 1. The van der Waals surface area contributed by atoms with Gasteiger partial charge in [0, 0.05) is 6.54 Å². The van der Waals surface area contributed by atoms with Crippen molar-refractivity contribution in [3.63, 3.8) is 0 Å². The summed E-state index contributed by atoms with van der Waals surface area (Å²) in [6, 6.07) is 6.76. The van der Waals surface area contributed by atoms with Crippen LogP contribution in [0.3, 0.4) is 0 Å². The van der Waals surface area contributed by atoms with Crippen molar-refractivity contribution in [3.8, 4) is 5.75 Å². The molecule has 0 N–H and O–H groups in total. The van der Waals surface area contributed by atoms with Gasteiger partial charge in [0.15, 0.2) is 0 Å². The number of hydrogen-bond acceptors (Lipinski definition) is 2. The van der Waals surface area contributed by atoms with Crippen molar-refractivity contribution in [1.82, 2.24) is 9.55 Å². The Hall–Kier alpha value is -1.51. The van der Waals surface area contributed by atoms with Gasteiger partial charge in [-0.25, -0.2) is 4.98 Å². The Bertz CT molecular complexity index is 420. The fourth-order valence-electron chi connectivity index (χ4n) is 1.41. The molecule has 1 aromatic carbocycles. The Morgan fingerprint density at radius 3 is 3.08 bits per heavy atom. The Morgan fingerprint density at radius 1 is 1.54 bits per heavy atom. The summed E-state index contributed by atoms with van der Waals surface area (Å²) in [5.74, 6) is 0.782. The van der Waals surface area contributed by atoms with Crippen LogP contribution >= 0.6 is 0 Å². The highest BCUT2D eigenvalue weighted by Gasteiger charge is 2.05. The molecule has 1 aromatic heterocycles. The van der Waals surface area contributed by atoms with Crippen molar-refractivity contribution < 1.29 is 4.74 Å². The molecule has 0 spiro atoms. The first-order valence-electron chi connectivity index (χ1n) is 4.25. The maximum absolute atomic E-state index is 5.18. The van der Waals surface area contributed by atoms with Crippen molar-refractivity contribution in [2.75, 3.05) is 7.11 Å². The third-order valence-corrected chi connectivity index (χ3v) is 2.11. The van der Waals surface area contributed by atoms with Gasteiger partial charge >= 0.3 is 0 Å². The number of aromatic nitrogens is 2. The zero-order valence-corrected chi connectivity index (χ0v) is 7.74. The van der Waals surface area contributed by atoms with Crippen LogP contribution in [-0.4, -0.2) is 16.7 Å². The van der Waals surface area contributed by atoms with Crippen LogP contribution in [0.5, 0.6) is 5.75 Å². The topological polar surface area (TPSA) is 27.1 Å². The molecule has 1 radical (unpaired) electrons. The van der Waals surface area contributed by atoms with E-state index in [2.05, 4.69) is 22.5 Å². The molecule has 0 unspecified atom stereocenters. The third kappa shape index (κ3) is 1.16. The highest BCUT2D eigenvalue weighted by atomic mass is 16.5. The number of ether oxygens (including phenoxy) is 1. The average Bonchev–Trinajstić information content (AvgIpc) is 2.60. The van der Waals surface area contributed by atoms with Crippen LogP contribution < -0.4 is 4.74 Å². The maximum Gasteiger partial charge on any atom is 0.147 e. The van der Waals surface area contributed by atoms with Gasteiger partial charge in [0.2, 0.25) is 0 Å². The summed E-state index contributed by atoms with van der Waals surface area (Å²) in [4.78, 5) is 4.28. The van der Waals surface area contributed by atoms with E-state index < -0.39 is 0 Å². The van der Waals surface area contributed by atoms with Crippen molar-refractivity contribution in [1.29, 1.82) is 0 Å². The molecule has 3 nitrogen and oxygen atoms in total. The number of fused-ring (bicyclic) bond motifs is 1. The highest BCUT2D eigenvalue weighted by molar-refractivity contribution is 5.81. The second-order valence-electron chi connectivity index (χ2n) is 2.79. The van der Waals surface area contributed by atoms with Gasteiger partial charge in [-0.15, -0.1) is 0 Å². The zero-order chi connectivity index (χ0) is 9.26. The van der Waals surface area contributed by atoms with E-state index in [1.807, 2.05) is 12.4 Å². The minimum absolute atomic E-state index is 0.782. The third-order valence-electron chi connectivity index (χ3n) is 2.11. The van der Waals surface area contributed by atoms with Gasteiger partial charge in [0.25, 0.3) is 0 Å². The summed E-state index contributed by atoms with van der Waals surface area (Å²) in [5, 5.41) is 0. The molecule has 0 aliphatic carbocycles. The number of nitrogens with zero attached hydrogens (tertiary/aromatic N) is 2. The van der Waals surface area contributed by atoms with Gasteiger partial charge in [-0.2, -0.15) is 0 Å². The van der Waals surface area contributed by atoms with E-state index in [-0.39, 0.29) is 0 Å². The number of methoxy groups -OCH3 is 1. The summed E-state index contributed by atoms with van der Waals surface area (Å²) in [6.45, 7) is 3.00. The maximum atomic E-state index is 5.18. The molecule has 0 aliphatic rings. The highest BCUT2D eigenvalue weighted by Crippen LogP contribution is 2.22. The molecular weight excluding hydrogens is 164 g/mol. The molecule has 0 saturated carbocycles. The van der Waals surface area contributed by atoms with Crippen LogP contribution in [0, 0.1) is 6.07 Å². The fourth-order valence-corrected chi connectivity index (χ4v) is 1.41. The Balaban J connectivity index is 2.72. The summed E-state index contributed by atoms with van der Waals surface area (Å²) in [5.41, 5.74) is 1.98. The average molecular weight is 175 g/mol. The molecule has 0 bridgehead atoms. The zero-order valence-electron chi connectivity index (χ0n) is 7.74. The van der Waals surface area contributed by atoms with Crippen LogP contribution in [0.4, 0.5) is 0 Å². The molecule has 0 aliphatic heterocycles. The second-order valence-corrected chi connectivity index (χ2v) is 2.79. The summed E-state index contributed by atoms with van der Waals surface area (Å²) in [7, 11) is 1.65. The lowest BCUT2D eigenvalue weighted by Crippen LogP contribution is -1.90. The molecule has 67 valence electrons. The number of rotatable bonds is 2. The molecule has 3 heteroatoms. The van der Waals surface area contributed by atoms with Crippen LogP contribution in [-0.2, 0) is 6.54 Å². The predicted octanol–water partition coefficient (Wildman–Crippen LogP) is 1.86. The van der Waals surface area contributed by atoms with E-state index in [0.717, 1.165) is 23.3 Å². The monoisotopic (exact) mass is 175 g/mol. The summed E-state index contributed by atoms with van der Waals surface area (Å²) < 4.78 is 7.24. The Labute approximate surface area is 77.0 Å². The molecule has 1 heterocycles. The second kappa shape index (κ2) is 3.09. The molecule has 2 aromatic rings. The number of imidazole rings is 1. The molecule has 13 heavy (non-hydrogen) atoms. The first-order valence-corrected chi connectivity index (χ1v) is 4.25. The van der Waals surface area contributed by atoms with E-state index in [9.17, 15) is 0 Å². The van der Waals surface area contributed by atoms with Crippen molar-refractivity contribution in [2.45, 2.75) is 13.5 Å². The van der Waals surface area contributed by atoms with Crippen LogP contribution in [0.15, 0.2) is 18.5 Å². The summed E-state index contributed by atoms with van der Waals surface area (Å²) >= 11 is 0. The van der Waals surface area contributed by atoms with Gasteiger partial charge < -0.3 is 9.30 Å². The quantitative estimate of drug-likeness (QED) is 0.696. The van der Waals surface area contributed by atoms with Gasteiger partial charge in [-0.1, -0.05) is 0 Å². The van der Waals surface area contributed by atoms with Gasteiger partial charge in [-0.05, 0) is 25.1 Å². The Morgan fingerprint density at radius 2 is 2.38 bits per heavy atom.